The molecule has 180 valence electrons. The van der Waals surface area contributed by atoms with Gasteiger partial charge in [-0.2, -0.15) is 10.4 Å². The first-order valence-electron chi connectivity index (χ1n) is 12.9. The minimum Gasteiger partial charge on any atom is -0.390 e. The molecule has 0 saturated heterocycles. The Hall–Kier alpha value is -1.93. The molecule has 1 aromatic rings. The monoisotopic (exact) mass is 451 g/mol. The molecule has 1 aromatic heterocycles. The molecular weight excluding hydrogens is 410 g/mol. The standard InChI is InChI=1S/C28H41N3O2/c1-5-21(25(32)18-31-17-20(15-29)16-30-31)9-10-22-7-6-8-24-23(22)11-12-26(2)19-27(3,33)13-14-28(24,26)4/h5,16-17,21-24,33H,1,6-14,18-19H2,2-4H3/t21-,22+,23+,24+,26-,27-,28-/m1/s1. The van der Waals surface area contributed by atoms with Gasteiger partial charge < -0.3 is 5.11 Å². The summed E-state index contributed by atoms with van der Waals surface area (Å²) in [5, 5.41) is 23.9. The molecule has 0 bridgehead atoms. The van der Waals surface area contributed by atoms with Gasteiger partial charge in [-0.3, -0.25) is 9.48 Å². The van der Waals surface area contributed by atoms with Crippen LogP contribution in [0.1, 0.15) is 90.5 Å². The number of aromatic nitrogens is 2. The van der Waals surface area contributed by atoms with Crippen molar-refractivity contribution in [2.75, 3.05) is 0 Å². The molecule has 33 heavy (non-hydrogen) atoms. The van der Waals surface area contributed by atoms with Gasteiger partial charge in [0, 0.05) is 12.1 Å². The van der Waals surface area contributed by atoms with Crippen molar-refractivity contribution in [3.8, 4) is 6.07 Å². The highest BCUT2D eigenvalue weighted by Gasteiger charge is 2.60. The molecule has 1 heterocycles. The lowest BCUT2D eigenvalue weighted by molar-refractivity contribution is -0.176. The fraction of sp³-hybridized carbons (Fsp3) is 0.750. The fourth-order valence-corrected chi connectivity index (χ4v) is 7.99. The molecule has 0 spiro atoms. The summed E-state index contributed by atoms with van der Waals surface area (Å²) in [5.41, 5.74) is 0.495. The van der Waals surface area contributed by atoms with Gasteiger partial charge in [-0.05, 0) is 86.9 Å². The number of allylic oxidation sites excluding steroid dienone is 1. The van der Waals surface area contributed by atoms with E-state index in [2.05, 4.69) is 31.6 Å². The van der Waals surface area contributed by atoms with Gasteiger partial charge in [-0.1, -0.05) is 32.8 Å². The van der Waals surface area contributed by atoms with E-state index in [9.17, 15) is 9.90 Å². The third kappa shape index (κ3) is 4.56. The maximum atomic E-state index is 12.9. The average molecular weight is 452 g/mol. The predicted octanol–water partition coefficient (Wildman–Crippen LogP) is 5.68. The number of rotatable bonds is 7. The molecule has 0 aliphatic heterocycles. The molecule has 1 N–H and O–H groups in total. The summed E-state index contributed by atoms with van der Waals surface area (Å²) in [4.78, 5) is 12.9. The van der Waals surface area contributed by atoms with Crippen LogP contribution in [-0.4, -0.2) is 26.3 Å². The van der Waals surface area contributed by atoms with Gasteiger partial charge in [0.05, 0.1) is 17.4 Å². The van der Waals surface area contributed by atoms with Gasteiger partial charge >= 0.3 is 0 Å². The molecule has 0 radical (unpaired) electrons. The number of Topliss-reactive ketones (excluding diaryl/α,β-unsaturated/α-hetero) is 1. The van der Waals surface area contributed by atoms with Crippen molar-refractivity contribution >= 4 is 5.78 Å². The number of hydrogen-bond donors (Lipinski definition) is 1. The molecule has 4 rings (SSSR count). The van der Waals surface area contributed by atoms with Crippen molar-refractivity contribution in [2.45, 2.75) is 97.1 Å². The Bertz CT molecular complexity index is 928. The Morgan fingerprint density at radius 1 is 1.33 bits per heavy atom. The highest BCUT2D eigenvalue weighted by Crippen LogP contribution is 2.67. The largest absolute Gasteiger partial charge is 0.390 e. The summed E-state index contributed by atoms with van der Waals surface area (Å²) in [5.74, 6) is 2.12. The Balaban J connectivity index is 1.40. The van der Waals surface area contributed by atoms with Gasteiger partial charge in [0.1, 0.15) is 12.6 Å². The minimum atomic E-state index is -0.519. The zero-order valence-corrected chi connectivity index (χ0v) is 20.7. The van der Waals surface area contributed by atoms with E-state index in [-0.39, 0.29) is 23.7 Å². The SMILES string of the molecule is C=C[C@H](CC[C@@H]1CCC[C@H]2[C@H]1CC[C@]1(C)C[C@](C)(O)CC[C@]21C)C(=O)Cn1cc(C#N)cn1. The van der Waals surface area contributed by atoms with Crippen molar-refractivity contribution in [2.24, 2.45) is 34.5 Å². The number of fused-ring (bicyclic) bond motifs is 3. The van der Waals surface area contributed by atoms with Gasteiger partial charge in [0.15, 0.2) is 5.78 Å². The second-order valence-corrected chi connectivity index (χ2v) is 12.1. The van der Waals surface area contributed by atoms with Crippen LogP contribution in [0.4, 0.5) is 0 Å². The molecule has 3 fully saturated rings. The third-order valence-electron chi connectivity index (χ3n) is 10.0. The molecule has 3 aliphatic carbocycles. The van der Waals surface area contributed by atoms with Crippen molar-refractivity contribution in [1.29, 1.82) is 5.26 Å². The summed E-state index contributed by atoms with van der Waals surface area (Å²) in [7, 11) is 0. The maximum absolute atomic E-state index is 12.9. The first-order chi connectivity index (χ1) is 15.6. The van der Waals surface area contributed by atoms with Crippen LogP contribution in [0, 0.1) is 45.8 Å². The topological polar surface area (TPSA) is 78.9 Å². The van der Waals surface area contributed by atoms with Crippen molar-refractivity contribution in [3.63, 3.8) is 0 Å². The molecule has 5 heteroatoms. The third-order valence-corrected chi connectivity index (χ3v) is 10.0. The van der Waals surface area contributed by atoms with Crippen LogP contribution in [-0.2, 0) is 11.3 Å². The summed E-state index contributed by atoms with van der Waals surface area (Å²) in [6, 6.07) is 2.06. The van der Waals surface area contributed by atoms with Gasteiger partial charge in [-0.15, -0.1) is 6.58 Å². The molecule has 7 atom stereocenters. The number of carbonyl (C=O) groups is 1. The number of ketones is 1. The van der Waals surface area contributed by atoms with Gasteiger partial charge in [0.2, 0.25) is 0 Å². The minimum absolute atomic E-state index is 0.127. The van der Waals surface area contributed by atoms with E-state index in [0.717, 1.165) is 43.9 Å². The molecule has 3 saturated carbocycles. The van der Waals surface area contributed by atoms with Crippen molar-refractivity contribution in [3.05, 3.63) is 30.6 Å². The van der Waals surface area contributed by atoms with E-state index in [1.165, 1.54) is 38.3 Å². The van der Waals surface area contributed by atoms with Crippen LogP contribution in [0.5, 0.6) is 0 Å². The van der Waals surface area contributed by atoms with Crippen molar-refractivity contribution < 1.29 is 9.90 Å². The Labute approximate surface area is 199 Å². The highest BCUT2D eigenvalue weighted by molar-refractivity contribution is 5.82. The lowest BCUT2D eigenvalue weighted by atomic mass is 9.41. The van der Waals surface area contributed by atoms with Crippen LogP contribution >= 0.6 is 0 Å². The van der Waals surface area contributed by atoms with E-state index in [4.69, 9.17) is 5.26 Å². The lowest BCUT2D eigenvalue weighted by Crippen LogP contribution is -2.58. The molecule has 0 aromatic carbocycles. The summed E-state index contributed by atoms with van der Waals surface area (Å²) < 4.78 is 1.56. The van der Waals surface area contributed by atoms with Crippen molar-refractivity contribution in [1.82, 2.24) is 9.78 Å². The van der Waals surface area contributed by atoms with Gasteiger partial charge in [0.25, 0.3) is 0 Å². The van der Waals surface area contributed by atoms with E-state index in [1.54, 1.807) is 17.0 Å². The smallest absolute Gasteiger partial charge is 0.161 e. The normalized spacial score (nSPS) is 39.1. The second kappa shape index (κ2) is 9.02. The maximum Gasteiger partial charge on any atom is 0.161 e. The second-order valence-electron chi connectivity index (χ2n) is 12.1. The molecule has 0 unspecified atom stereocenters. The number of nitrogens with zero attached hydrogens (tertiary/aromatic N) is 3. The molecular formula is C28H41N3O2. The molecule has 5 nitrogen and oxygen atoms in total. The number of aliphatic hydroxyl groups is 1. The Kier molecular flexibility index (Phi) is 6.62. The fourth-order valence-electron chi connectivity index (χ4n) is 7.99. The van der Waals surface area contributed by atoms with Crippen LogP contribution < -0.4 is 0 Å². The average Bonchev–Trinajstić information content (AvgIpc) is 3.22. The highest BCUT2D eigenvalue weighted by atomic mass is 16.3. The summed E-state index contributed by atoms with van der Waals surface area (Å²) in [6.45, 7) is 11.2. The quantitative estimate of drug-likeness (QED) is 0.541. The summed E-state index contributed by atoms with van der Waals surface area (Å²) in [6.07, 6.45) is 16.2. The Morgan fingerprint density at radius 2 is 2.12 bits per heavy atom. The van der Waals surface area contributed by atoms with Crippen LogP contribution in [0.15, 0.2) is 25.0 Å². The first-order valence-corrected chi connectivity index (χ1v) is 12.9. The zero-order chi connectivity index (χ0) is 23.9. The van der Waals surface area contributed by atoms with Crippen LogP contribution in [0.3, 0.4) is 0 Å². The number of hydrogen-bond acceptors (Lipinski definition) is 4. The molecule has 0 amide bonds. The van der Waals surface area contributed by atoms with E-state index < -0.39 is 5.60 Å². The van der Waals surface area contributed by atoms with Gasteiger partial charge in [-0.25, -0.2) is 0 Å². The van der Waals surface area contributed by atoms with E-state index >= 15 is 0 Å². The van der Waals surface area contributed by atoms with E-state index in [1.807, 2.05) is 6.92 Å². The predicted molar refractivity (Wildman–Crippen MR) is 129 cm³/mol. The summed E-state index contributed by atoms with van der Waals surface area (Å²) >= 11 is 0. The van der Waals surface area contributed by atoms with Crippen LogP contribution in [0.25, 0.3) is 0 Å². The molecule has 3 aliphatic rings. The van der Waals surface area contributed by atoms with Crippen LogP contribution in [0.2, 0.25) is 0 Å². The van der Waals surface area contributed by atoms with E-state index in [0.29, 0.717) is 16.9 Å². The number of nitriles is 1. The first kappa shape index (κ1) is 24.2. The number of carbonyl (C=O) groups excluding carboxylic acids is 1. The lowest BCUT2D eigenvalue weighted by Gasteiger charge is -2.64. The Morgan fingerprint density at radius 3 is 2.82 bits per heavy atom. The zero-order valence-electron chi connectivity index (χ0n) is 20.7.